The van der Waals surface area contributed by atoms with E-state index in [-0.39, 0.29) is 0 Å². The van der Waals surface area contributed by atoms with Gasteiger partial charge in [0.05, 0.1) is 35.2 Å². The maximum Gasteiger partial charge on any atom is 0.194 e. The second-order valence-electron chi connectivity index (χ2n) is 11.7. The lowest BCUT2D eigenvalue weighted by molar-refractivity contribution is 1.19. The molecule has 5 heteroatoms. The number of fused-ring (bicyclic) bond motifs is 7. The summed E-state index contributed by atoms with van der Waals surface area (Å²) in [5.41, 5.74) is 11.3. The first-order valence-corrected chi connectivity index (χ1v) is 15.7. The van der Waals surface area contributed by atoms with Gasteiger partial charge in [0.25, 0.3) is 0 Å². The number of imidazole rings is 1. The Kier molecular flexibility index (Phi) is 6.18. The van der Waals surface area contributed by atoms with Crippen molar-refractivity contribution in [3.8, 4) is 39.1 Å². The van der Waals surface area contributed by atoms with Gasteiger partial charge in [-0.3, -0.25) is 4.40 Å². The predicted molar refractivity (Wildman–Crippen MR) is 196 cm³/mol. The maximum absolute atomic E-state index is 8.69. The number of para-hydroxylation sites is 1. The molecule has 0 N–H and O–H groups in total. The largest absolute Gasteiger partial charge is 0.310 e. The molecule has 0 fully saturated rings. The lowest BCUT2D eigenvalue weighted by Crippen LogP contribution is -2.03. The molecule has 6 aromatic carbocycles. The summed E-state index contributed by atoms with van der Waals surface area (Å²) in [6, 6.07) is 48.8. The molecule has 3 aromatic heterocycles. The normalized spacial score (nSPS) is 11.3. The van der Waals surface area contributed by atoms with Crippen molar-refractivity contribution >= 4 is 49.9 Å². The van der Waals surface area contributed by atoms with Crippen molar-refractivity contribution in [3.05, 3.63) is 175 Å². The zero-order chi connectivity index (χ0) is 32.2. The molecule has 0 aliphatic carbocycles. The average molecular weight is 612 g/mol. The summed E-state index contributed by atoms with van der Waals surface area (Å²) in [5.74, 6) is 0. The Balaban J connectivity index is 1.57. The van der Waals surface area contributed by atoms with Gasteiger partial charge in [0, 0.05) is 33.8 Å². The highest BCUT2D eigenvalue weighted by molar-refractivity contribution is 6.22. The third-order valence-corrected chi connectivity index (χ3v) is 9.17. The molecule has 9 aromatic rings. The number of hydrogen-bond donors (Lipinski definition) is 0. The van der Waals surface area contributed by atoms with Gasteiger partial charge in [-0.1, -0.05) is 115 Å². The van der Waals surface area contributed by atoms with E-state index in [0.29, 0.717) is 16.9 Å². The van der Waals surface area contributed by atoms with Gasteiger partial charge in [-0.15, -0.1) is 0 Å². The lowest BCUT2D eigenvalue weighted by atomic mass is 9.86. The average Bonchev–Trinajstić information content (AvgIpc) is 3.70. The summed E-state index contributed by atoms with van der Waals surface area (Å²) in [6.45, 7) is 17.4. The molecule has 0 saturated carbocycles. The van der Waals surface area contributed by atoms with Crippen LogP contribution in [0.15, 0.2) is 152 Å². The minimum atomic E-state index is 0.452. The highest BCUT2D eigenvalue weighted by Crippen LogP contribution is 2.55. The fraction of sp³-hybridized carbons (Fsp3) is 0. The molecule has 0 saturated heterocycles. The van der Waals surface area contributed by atoms with Gasteiger partial charge in [-0.2, -0.15) is 0 Å². The quantitative estimate of drug-likeness (QED) is 0.182. The Morgan fingerprint density at radius 2 is 1.00 bits per heavy atom. The van der Waals surface area contributed by atoms with Crippen LogP contribution in [0.5, 0.6) is 0 Å². The molecule has 0 atom stereocenters. The molecule has 0 unspecified atom stereocenters. The van der Waals surface area contributed by atoms with Crippen LogP contribution in [0.25, 0.3) is 87.2 Å². The second-order valence-corrected chi connectivity index (χ2v) is 11.7. The van der Waals surface area contributed by atoms with Crippen LogP contribution in [0.1, 0.15) is 0 Å². The van der Waals surface area contributed by atoms with Gasteiger partial charge in [0.15, 0.2) is 11.4 Å². The lowest BCUT2D eigenvalue weighted by Gasteiger charge is -2.25. The monoisotopic (exact) mass is 611 g/mol. The van der Waals surface area contributed by atoms with Crippen molar-refractivity contribution in [2.75, 3.05) is 0 Å². The zero-order valence-electron chi connectivity index (χ0n) is 25.7. The molecule has 0 aliphatic heterocycles. The Hall–Kier alpha value is -6.95. The second kappa shape index (κ2) is 10.8. The number of pyridine rings is 1. The standard InChI is InChI=1S/C43H25N5/c1-44-41-36(28-16-6-3-7-17-28)42(45-2)38(30-20-10-5-11-21-30)43(37(41)29-18-8-4-9-19-29)48-32-23-13-12-22-31(32)39-33(48)25-26-34-40(39)46-35-24-14-15-27-47(34)35/h3-27H. The van der Waals surface area contributed by atoms with Crippen molar-refractivity contribution in [2.45, 2.75) is 0 Å². The van der Waals surface area contributed by atoms with E-state index in [1.54, 1.807) is 0 Å². The number of rotatable bonds is 4. The van der Waals surface area contributed by atoms with Crippen LogP contribution in [0, 0.1) is 13.1 Å². The number of benzene rings is 6. The van der Waals surface area contributed by atoms with Gasteiger partial charge in [-0.25, -0.2) is 14.7 Å². The molecule has 222 valence electrons. The first-order chi connectivity index (χ1) is 23.8. The first-order valence-electron chi connectivity index (χ1n) is 15.7. The van der Waals surface area contributed by atoms with Gasteiger partial charge in [-0.05, 0) is 52.6 Å². The van der Waals surface area contributed by atoms with Crippen LogP contribution in [0.2, 0.25) is 0 Å². The van der Waals surface area contributed by atoms with Crippen molar-refractivity contribution in [2.24, 2.45) is 0 Å². The minimum Gasteiger partial charge on any atom is -0.310 e. The molecule has 0 radical (unpaired) electrons. The fourth-order valence-corrected chi connectivity index (χ4v) is 7.22. The zero-order valence-corrected chi connectivity index (χ0v) is 25.7. The molecule has 0 spiro atoms. The van der Waals surface area contributed by atoms with Crippen LogP contribution in [-0.2, 0) is 0 Å². The van der Waals surface area contributed by atoms with Gasteiger partial charge >= 0.3 is 0 Å². The van der Waals surface area contributed by atoms with E-state index in [0.717, 1.165) is 72.0 Å². The Labute approximate surface area is 276 Å². The van der Waals surface area contributed by atoms with E-state index in [1.165, 1.54) is 0 Å². The van der Waals surface area contributed by atoms with Crippen molar-refractivity contribution in [1.29, 1.82) is 0 Å². The number of hydrogen-bond acceptors (Lipinski definition) is 1. The molecule has 9 rings (SSSR count). The molecular weight excluding hydrogens is 587 g/mol. The Morgan fingerprint density at radius 1 is 0.479 bits per heavy atom. The minimum absolute atomic E-state index is 0.452. The highest BCUT2D eigenvalue weighted by Gasteiger charge is 2.30. The van der Waals surface area contributed by atoms with Gasteiger partial charge in [0.1, 0.15) is 5.65 Å². The molecule has 0 amide bonds. The van der Waals surface area contributed by atoms with E-state index < -0.39 is 0 Å². The summed E-state index contributed by atoms with van der Waals surface area (Å²) in [5, 5.41) is 2.09. The summed E-state index contributed by atoms with van der Waals surface area (Å²) < 4.78 is 4.38. The summed E-state index contributed by atoms with van der Waals surface area (Å²) in [6.07, 6.45) is 2.04. The van der Waals surface area contributed by atoms with Crippen LogP contribution in [0.4, 0.5) is 11.4 Å². The van der Waals surface area contributed by atoms with Crippen molar-refractivity contribution in [3.63, 3.8) is 0 Å². The SMILES string of the molecule is [C-]#[N+]c1c(-c2ccccc2)c([N+]#[C-])c(-c2ccccc2)c(-n2c3ccccc3c3c4nc5ccccn5c4ccc32)c1-c1ccccc1. The van der Waals surface area contributed by atoms with Crippen LogP contribution < -0.4 is 0 Å². The van der Waals surface area contributed by atoms with E-state index in [1.807, 2.05) is 97.2 Å². The topological polar surface area (TPSA) is 30.9 Å². The predicted octanol–water partition coefficient (Wildman–Crippen LogP) is 11.7. The molecular formula is C43H25N5. The summed E-state index contributed by atoms with van der Waals surface area (Å²) in [7, 11) is 0. The van der Waals surface area contributed by atoms with E-state index in [2.05, 4.69) is 73.3 Å². The maximum atomic E-state index is 8.69. The van der Waals surface area contributed by atoms with Gasteiger partial charge < -0.3 is 4.57 Å². The van der Waals surface area contributed by atoms with Crippen LogP contribution in [0.3, 0.4) is 0 Å². The van der Waals surface area contributed by atoms with E-state index >= 15 is 0 Å². The third-order valence-electron chi connectivity index (χ3n) is 9.17. The molecule has 0 bridgehead atoms. The smallest absolute Gasteiger partial charge is 0.194 e. The Morgan fingerprint density at radius 3 is 1.60 bits per heavy atom. The van der Waals surface area contributed by atoms with Crippen LogP contribution in [-0.4, -0.2) is 14.0 Å². The van der Waals surface area contributed by atoms with E-state index in [4.69, 9.17) is 18.1 Å². The first kappa shape index (κ1) is 27.4. The highest BCUT2D eigenvalue weighted by atomic mass is 15.0. The third kappa shape index (κ3) is 3.92. The van der Waals surface area contributed by atoms with E-state index in [9.17, 15) is 0 Å². The molecule has 3 heterocycles. The van der Waals surface area contributed by atoms with Crippen LogP contribution >= 0.6 is 0 Å². The van der Waals surface area contributed by atoms with Gasteiger partial charge in [0.2, 0.25) is 0 Å². The van der Waals surface area contributed by atoms with Crippen molar-refractivity contribution in [1.82, 2.24) is 14.0 Å². The molecule has 48 heavy (non-hydrogen) atoms. The number of nitrogens with zero attached hydrogens (tertiary/aromatic N) is 5. The molecule has 0 aliphatic rings. The Bertz CT molecular complexity index is 2700. The summed E-state index contributed by atoms with van der Waals surface area (Å²) >= 11 is 0. The number of aromatic nitrogens is 3. The summed E-state index contributed by atoms with van der Waals surface area (Å²) in [4.78, 5) is 13.6. The fourth-order valence-electron chi connectivity index (χ4n) is 7.22. The molecule has 5 nitrogen and oxygen atoms in total. The van der Waals surface area contributed by atoms with Crippen molar-refractivity contribution < 1.29 is 0 Å².